The summed E-state index contributed by atoms with van der Waals surface area (Å²) in [4.78, 5) is 25.3. The number of amides is 1. The minimum Gasteiger partial charge on any atom is -0.322 e. The molecule has 0 saturated carbocycles. The lowest BCUT2D eigenvalue weighted by atomic mass is 10.1. The Labute approximate surface area is 178 Å². The van der Waals surface area contributed by atoms with Crippen molar-refractivity contribution in [1.82, 2.24) is 4.57 Å². The molecule has 0 saturated heterocycles. The first-order chi connectivity index (χ1) is 14.8. The van der Waals surface area contributed by atoms with Gasteiger partial charge >= 0.3 is 6.18 Å². The van der Waals surface area contributed by atoms with E-state index in [0.717, 1.165) is 31.4 Å². The Morgan fingerprint density at radius 3 is 2.23 bits per heavy atom. The van der Waals surface area contributed by atoms with Crippen LogP contribution in [0.3, 0.4) is 0 Å². The number of aryl methyl sites for hydroxylation is 1. The summed E-state index contributed by atoms with van der Waals surface area (Å²) < 4.78 is 39.4. The van der Waals surface area contributed by atoms with E-state index in [1.807, 2.05) is 12.1 Å². The normalized spacial score (nSPS) is 11.4. The van der Waals surface area contributed by atoms with Crippen LogP contribution in [0.15, 0.2) is 71.7 Å². The first kappa shape index (κ1) is 22.3. The first-order valence-corrected chi connectivity index (χ1v) is 10.0. The third-order valence-corrected chi connectivity index (χ3v) is 4.93. The summed E-state index contributed by atoms with van der Waals surface area (Å²) in [6.07, 6.45) is 0.248. The molecule has 7 heteroatoms. The fourth-order valence-corrected chi connectivity index (χ4v) is 3.16. The monoisotopic (exact) mass is 428 g/mol. The van der Waals surface area contributed by atoms with Crippen LogP contribution < -0.4 is 10.9 Å². The van der Waals surface area contributed by atoms with Crippen LogP contribution in [0.25, 0.3) is 0 Å². The van der Waals surface area contributed by atoms with Gasteiger partial charge in [-0.05, 0) is 60.4 Å². The highest BCUT2D eigenvalue weighted by molar-refractivity contribution is 6.03. The van der Waals surface area contributed by atoms with E-state index in [1.165, 1.54) is 34.5 Å². The fourth-order valence-electron chi connectivity index (χ4n) is 3.16. The van der Waals surface area contributed by atoms with Crippen LogP contribution in [0, 0.1) is 0 Å². The van der Waals surface area contributed by atoms with Gasteiger partial charge in [0.1, 0.15) is 5.56 Å². The number of unbranched alkanes of at least 4 members (excludes halogenated alkanes) is 1. The highest BCUT2D eigenvalue weighted by atomic mass is 19.4. The van der Waals surface area contributed by atoms with Gasteiger partial charge < -0.3 is 9.88 Å². The summed E-state index contributed by atoms with van der Waals surface area (Å²) in [6.45, 7) is 2.18. The summed E-state index contributed by atoms with van der Waals surface area (Å²) in [5.74, 6) is -0.534. The van der Waals surface area contributed by atoms with Gasteiger partial charge in [0.05, 0.1) is 12.1 Å². The summed E-state index contributed by atoms with van der Waals surface area (Å²) in [6, 6.07) is 15.1. The van der Waals surface area contributed by atoms with E-state index in [1.54, 1.807) is 18.2 Å². The van der Waals surface area contributed by atoms with Gasteiger partial charge in [-0.3, -0.25) is 9.59 Å². The highest BCUT2D eigenvalue weighted by Gasteiger charge is 2.29. The second kappa shape index (κ2) is 9.64. The predicted octanol–water partition coefficient (Wildman–Crippen LogP) is 5.51. The van der Waals surface area contributed by atoms with Gasteiger partial charge in [0, 0.05) is 11.9 Å². The lowest BCUT2D eigenvalue weighted by Gasteiger charge is -2.11. The van der Waals surface area contributed by atoms with E-state index >= 15 is 0 Å². The second-order valence-electron chi connectivity index (χ2n) is 7.30. The van der Waals surface area contributed by atoms with Crippen molar-refractivity contribution in [2.24, 2.45) is 0 Å². The molecule has 1 amide bonds. The van der Waals surface area contributed by atoms with Gasteiger partial charge in [0.25, 0.3) is 11.5 Å². The fraction of sp³-hybridized carbons (Fsp3) is 0.250. The van der Waals surface area contributed by atoms with Crippen LogP contribution in [0.4, 0.5) is 18.9 Å². The molecule has 0 aliphatic carbocycles. The second-order valence-corrected chi connectivity index (χ2v) is 7.30. The standard InChI is InChI=1S/C24H23F3N2O2/c1-2-3-5-17-9-13-20(14-10-17)28-22(30)21-6-4-15-29(23(21)31)16-18-7-11-19(12-8-18)24(25,26)27/h4,6-15H,2-3,5,16H2,1H3,(H,28,30). The number of halogens is 3. The van der Waals surface area contributed by atoms with Crippen LogP contribution in [0.2, 0.25) is 0 Å². The zero-order chi connectivity index (χ0) is 22.4. The molecule has 0 atom stereocenters. The Kier molecular flexibility index (Phi) is 6.95. The molecule has 0 fully saturated rings. The van der Waals surface area contributed by atoms with Gasteiger partial charge in [-0.15, -0.1) is 0 Å². The summed E-state index contributed by atoms with van der Waals surface area (Å²) in [5, 5.41) is 2.72. The topological polar surface area (TPSA) is 51.1 Å². The smallest absolute Gasteiger partial charge is 0.322 e. The van der Waals surface area contributed by atoms with Crippen LogP contribution in [-0.4, -0.2) is 10.5 Å². The number of carbonyl (C=O) groups excluding carboxylic acids is 1. The molecule has 3 rings (SSSR count). The molecule has 1 aromatic heterocycles. The van der Waals surface area contributed by atoms with Crippen LogP contribution in [-0.2, 0) is 19.1 Å². The Bertz CT molecular complexity index is 1090. The molecule has 1 heterocycles. The maximum Gasteiger partial charge on any atom is 0.416 e. The lowest BCUT2D eigenvalue weighted by molar-refractivity contribution is -0.137. The number of hydrogen-bond donors (Lipinski definition) is 1. The van der Waals surface area contributed by atoms with Gasteiger partial charge in [0.15, 0.2) is 0 Å². The number of benzene rings is 2. The van der Waals surface area contributed by atoms with Crippen molar-refractivity contribution < 1.29 is 18.0 Å². The van der Waals surface area contributed by atoms with Crippen molar-refractivity contribution in [1.29, 1.82) is 0 Å². The van der Waals surface area contributed by atoms with Crippen molar-refractivity contribution in [3.8, 4) is 0 Å². The third-order valence-electron chi connectivity index (χ3n) is 4.93. The number of nitrogens with one attached hydrogen (secondary N) is 1. The number of hydrogen-bond acceptors (Lipinski definition) is 2. The van der Waals surface area contributed by atoms with E-state index in [-0.39, 0.29) is 12.1 Å². The number of nitrogens with zero attached hydrogens (tertiary/aromatic N) is 1. The quantitative estimate of drug-likeness (QED) is 0.540. The van der Waals surface area contributed by atoms with Gasteiger partial charge in [-0.1, -0.05) is 37.6 Å². The summed E-state index contributed by atoms with van der Waals surface area (Å²) >= 11 is 0. The summed E-state index contributed by atoms with van der Waals surface area (Å²) in [7, 11) is 0. The average molecular weight is 428 g/mol. The minimum atomic E-state index is -4.42. The van der Waals surface area contributed by atoms with E-state index in [9.17, 15) is 22.8 Å². The molecule has 162 valence electrons. The Morgan fingerprint density at radius 2 is 1.61 bits per heavy atom. The van der Waals surface area contributed by atoms with Crippen LogP contribution in [0.1, 0.15) is 46.8 Å². The van der Waals surface area contributed by atoms with Crippen molar-refractivity contribution in [3.05, 3.63) is 99.5 Å². The van der Waals surface area contributed by atoms with E-state index < -0.39 is 23.2 Å². The van der Waals surface area contributed by atoms with Gasteiger partial charge in [0.2, 0.25) is 0 Å². The van der Waals surface area contributed by atoms with Gasteiger partial charge in [-0.2, -0.15) is 13.2 Å². The molecule has 0 spiro atoms. The maximum atomic E-state index is 12.7. The Balaban J connectivity index is 1.72. The predicted molar refractivity (Wildman–Crippen MR) is 114 cm³/mol. The van der Waals surface area contributed by atoms with E-state index in [2.05, 4.69) is 12.2 Å². The van der Waals surface area contributed by atoms with E-state index in [4.69, 9.17) is 0 Å². The maximum absolute atomic E-state index is 12.7. The van der Waals surface area contributed by atoms with Crippen molar-refractivity contribution in [3.63, 3.8) is 0 Å². The van der Waals surface area contributed by atoms with Gasteiger partial charge in [-0.25, -0.2) is 0 Å². The van der Waals surface area contributed by atoms with Crippen LogP contribution >= 0.6 is 0 Å². The molecular formula is C24H23F3N2O2. The molecular weight excluding hydrogens is 405 g/mol. The molecule has 0 unspecified atom stereocenters. The van der Waals surface area contributed by atoms with Crippen LogP contribution in [0.5, 0.6) is 0 Å². The number of anilines is 1. The minimum absolute atomic E-state index is 0.0375. The van der Waals surface area contributed by atoms with Crippen molar-refractivity contribution in [2.45, 2.75) is 38.9 Å². The number of alkyl halides is 3. The molecule has 0 aliphatic rings. The zero-order valence-corrected chi connectivity index (χ0v) is 17.1. The highest BCUT2D eigenvalue weighted by Crippen LogP contribution is 2.29. The number of rotatable bonds is 7. The number of pyridine rings is 1. The molecule has 2 aromatic carbocycles. The Morgan fingerprint density at radius 1 is 0.968 bits per heavy atom. The van der Waals surface area contributed by atoms with Crippen molar-refractivity contribution >= 4 is 11.6 Å². The SMILES string of the molecule is CCCCc1ccc(NC(=O)c2cccn(Cc3ccc(C(F)(F)F)cc3)c2=O)cc1. The molecule has 4 nitrogen and oxygen atoms in total. The molecule has 0 bridgehead atoms. The number of aromatic nitrogens is 1. The van der Waals surface area contributed by atoms with E-state index in [0.29, 0.717) is 11.3 Å². The lowest BCUT2D eigenvalue weighted by Crippen LogP contribution is -2.29. The molecule has 0 aliphatic heterocycles. The first-order valence-electron chi connectivity index (χ1n) is 10.0. The third kappa shape index (κ3) is 5.84. The zero-order valence-electron chi connectivity index (χ0n) is 17.1. The number of carbonyl (C=O) groups is 1. The molecule has 1 N–H and O–H groups in total. The average Bonchev–Trinajstić information content (AvgIpc) is 2.74. The Hall–Kier alpha value is -3.35. The molecule has 0 radical (unpaired) electrons. The largest absolute Gasteiger partial charge is 0.416 e. The summed E-state index contributed by atoms with van der Waals surface area (Å²) in [5.41, 5.74) is 0.984. The van der Waals surface area contributed by atoms with Crippen molar-refractivity contribution in [2.75, 3.05) is 5.32 Å². The molecule has 31 heavy (non-hydrogen) atoms. The molecule has 3 aromatic rings.